The number of aromatic nitrogens is 2. The Labute approximate surface area is 160 Å². The van der Waals surface area contributed by atoms with Crippen LogP contribution in [-0.2, 0) is 18.4 Å². The molecule has 1 unspecified atom stereocenters. The molecule has 0 bridgehead atoms. The molecule has 0 saturated carbocycles. The van der Waals surface area contributed by atoms with Crippen molar-refractivity contribution in [2.45, 2.75) is 25.9 Å². The van der Waals surface area contributed by atoms with Crippen molar-refractivity contribution in [3.8, 4) is 5.75 Å². The Balaban J connectivity index is 1.54. The van der Waals surface area contributed by atoms with Crippen LogP contribution < -0.4 is 15.4 Å². The molecular formula is C20H29N5O2. The number of hydrogen-bond donors (Lipinski definition) is 2. The van der Waals surface area contributed by atoms with Gasteiger partial charge in [0.15, 0.2) is 0 Å². The van der Waals surface area contributed by atoms with Gasteiger partial charge in [0.05, 0.1) is 19.2 Å². The Morgan fingerprint density at radius 3 is 3.11 bits per heavy atom. The number of nitrogens with one attached hydrogen (secondary N) is 2. The second-order valence-corrected chi connectivity index (χ2v) is 6.86. The first-order valence-electron chi connectivity index (χ1n) is 9.57. The fourth-order valence-electron chi connectivity index (χ4n) is 3.29. The monoisotopic (exact) mass is 371 g/mol. The summed E-state index contributed by atoms with van der Waals surface area (Å²) in [6, 6.07) is 7.99. The summed E-state index contributed by atoms with van der Waals surface area (Å²) in [6.45, 7) is 6.16. The molecule has 1 amide bonds. The van der Waals surface area contributed by atoms with E-state index < -0.39 is 0 Å². The number of benzene rings is 1. The van der Waals surface area contributed by atoms with Gasteiger partial charge in [-0.25, -0.2) is 4.98 Å². The van der Waals surface area contributed by atoms with Crippen molar-refractivity contribution in [1.29, 1.82) is 0 Å². The molecule has 2 heterocycles. The molecule has 7 heteroatoms. The fourth-order valence-corrected chi connectivity index (χ4v) is 3.29. The molecule has 1 aromatic heterocycles. The lowest BCUT2D eigenvalue weighted by Gasteiger charge is -2.35. The lowest BCUT2D eigenvalue weighted by atomic mass is 10.1. The summed E-state index contributed by atoms with van der Waals surface area (Å²) in [4.78, 5) is 19.2. The van der Waals surface area contributed by atoms with Gasteiger partial charge in [-0.3, -0.25) is 9.69 Å². The molecule has 3 rings (SSSR count). The third-order valence-corrected chi connectivity index (χ3v) is 4.72. The molecule has 27 heavy (non-hydrogen) atoms. The van der Waals surface area contributed by atoms with E-state index in [4.69, 9.17) is 4.74 Å². The Morgan fingerprint density at radius 2 is 2.33 bits per heavy atom. The summed E-state index contributed by atoms with van der Waals surface area (Å²) in [7, 11) is 1.99. The number of rotatable bonds is 8. The number of imidazole rings is 1. The highest BCUT2D eigenvalue weighted by atomic mass is 16.5. The van der Waals surface area contributed by atoms with Crippen molar-refractivity contribution in [3.05, 3.63) is 48.0 Å². The lowest BCUT2D eigenvalue weighted by Crippen LogP contribution is -2.50. The first kappa shape index (κ1) is 19.4. The number of hydrogen-bond acceptors (Lipinski definition) is 5. The number of amides is 1. The van der Waals surface area contributed by atoms with Gasteiger partial charge in [0.1, 0.15) is 11.6 Å². The third kappa shape index (κ3) is 5.30. The fraction of sp³-hybridized carbons (Fsp3) is 0.500. The average Bonchev–Trinajstić information content (AvgIpc) is 3.11. The zero-order valence-electron chi connectivity index (χ0n) is 16.1. The predicted octanol–water partition coefficient (Wildman–Crippen LogP) is 1.47. The van der Waals surface area contributed by atoms with Crippen LogP contribution in [0.3, 0.4) is 0 Å². The minimum absolute atomic E-state index is 0.0241. The number of piperazine rings is 1. The van der Waals surface area contributed by atoms with Gasteiger partial charge >= 0.3 is 0 Å². The minimum Gasteiger partial charge on any atom is -0.494 e. The Kier molecular flexibility index (Phi) is 6.84. The Hall–Kier alpha value is -2.38. The molecule has 0 aliphatic carbocycles. The number of ether oxygens (including phenoxy) is 1. The number of carbonyl (C=O) groups excluding carboxylic acids is 1. The molecule has 1 aromatic carbocycles. The van der Waals surface area contributed by atoms with Crippen molar-refractivity contribution in [2.75, 3.05) is 32.8 Å². The third-order valence-electron chi connectivity index (χ3n) is 4.72. The van der Waals surface area contributed by atoms with Crippen LogP contribution in [0.4, 0.5) is 0 Å². The highest BCUT2D eigenvalue weighted by molar-refractivity contribution is 5.78. The first-order chi connectivity index (χ1) is 13.2. The molecular weight excluding hydrogens is 342 g/mol. The van der Waals surface area contributed by atoms with E-state index in [1.54, 1.807) is 6.20 Å². The summed E-state index contributed by atoms with van der Waals surface area (Å²) in [5.41, 5.74) is 1.04. The lowest BCUT2D eigenvalue weighted by molar-refractivity contribution is -0.123. The quantitative estimate of drug-likeness (QED) is 0.735. The molecule has 1 saturated heterocycles. The van der Waals surface area contributed by atoms with Crippen molar-refractivity contribution >= 4 is 5.91 Å². The topological polar surface area (TPSA) is 71.4 Å². The maximum Gasteiger partial charge on any atom is 0.234 e. The average molecular weight is 371 g/mol. The van der Waals surface area contributed by atoms with Crippen LogP contribution in [0.5, 0.6) is 5.75 Å². The number of aryl methyl sites for hydroxylation is 1. The molecule has 1 fully saturated rings. The van der Waals surface area contributed by atoms with Crippen molar-refractivity contribution in [2.24, 2.45) is 7.05 Å². The second kappa shape index (κ2) is 9.53. The van der Waals surface area contributed by atoms with Gasteiger partial charge in [0.2, 0.25) is 5.91 Å². The first-order valence-corrected chi connectivity index (χ1v) is 9.57. The van der Waals surface area contributed by atoms with Crippen LogP contribution in [-0.4, -0.2) is 53.1 Å². The second-order valence-electron chi connectivity index (χ2n) is 6.86. The van der Waals surface area contributed by atoms with E-state index in [0.29, 0.717) is 19.7 Å². The van der Waals surface area contributed by atoms with Gasteiger partial charge in [-0.1, -0.05) is 19.1 Å². The molecule has 1 aliphatic rings. The van der Waals surface area contributed by atoms with Crippen LogP contribution in [0, 0.1) is 0 Å². The molecule has 2 N–H and O–H groups in total. The van der Waals surface area contributed by atoms with Crippen LogP contribution in [0.2, 0.25) is 0 Å². The van der Waals surface area contributed by atoms with E-state index in [9.17, 15) is 4.79 Å². The zero-order chi connectivity index (χ0) is 19.1. The van der Waals surface area contributed by atoms with E-state index in [2.05, 4.69) is 27.4 Å². The van der Waals surface area contributed by atoms with E-state index in [-0.39, 0.29) is 11.9 Å². The number of carbonyl (C=O) groups is 1. The van der Waals surface area contributed by atoms with Crippen molar-refractivity contribution in [3.63, 3.8) is 0 Å². The molecule has 0 radical (unpaired) electrons. The van der Waals surface area contributed by atoms with Crippen LogP contribution in [0.25, 0.3) is 0 Å². The summed E-state index contributed by atoms with van der Waals surface area (Å²) in [5, 5.41) is 6.42. The maximum absolute atomic E-state index is 12.5. The molecule has 7 nitrogen and oxygen atoms in total. The van der Waals surface area contributed by atoms with Gasteiger partial charge < -0.3 is 19.9 Å². The normalized spacial score (nSPS) is 17.6. The summed E-state index contributed by atoms with van der Waals surface area (Å²) in [5.74, 6) is 1.85. The molecule has 146 valence electrons. The summed E-state index contributed by atoms with van der Waals surface area (Å²) < 4.78 is 7.67. The maximum atomic E-state index is 12.5. The van der Waals surface area contributed by atoms with E-state index >= 15 is 0 Å². The SMILES string of the molecule is CCCOc1cccc(CNC(=O)CN2CCNCC2c2nccn2C)c1. The standard InChI is InChI=1S/C20H29N5O2/c1-3-11-27-17-6-4-5-16(12-17)13-23-19(26)15-25-10-7-21-14-18(25)20-22-8-9-24(20)2/h4-6,8-9,12,18,21H,3,7,10-11,13-15H2,1-2H3,(H,23,26). The largest absolute Gasteiger partial charge is 0.494 e. The summed E-state index contributed by atoms with van der Waals surface area (Å²) in [6.07, 6.45) is 4.72. The van der Waals surface area contributed by atoms with E-state index in [1.807, 2.05) is 42.1 Å². The van der Waals surface area contributed by atoms with Gasteiger partial charge in [-0.2, -0.15) is 0 Å². The van der Waals surface area contributed by atoms with Crippen molar-refractivity contribution in [1.82, 2.24) is 25.1 Å². The minimum atomic E-state index is 0.0241. The molecule has 0 spiro atoms. The Bertz CT molecular complexity index is 745. The van der Waals surface area contributed by atoms with Crippen LogP contribution in [0.15, 0.2) is 36.7 Å². The summed E-state index contributed by atoms with van der Waals surface area (Å²) >= 11 is 0. The van der Waals surface area contributed by atoms with Crippen molar-refractivity contribution < 1.29 is 9.53 Å². The molecule has 2 aromatic rings. The van der Waals surface area contributed by atoms with Gasteiger partial charge in [-0.15, -0.1) is 0 Å². The molecule has 1 aliphatic heterocycles. The Morgan fingerprint density at radius 1 is 1.44 bits per heavy atom. The highest BCUT2D eigenvalue weighted by Gasteiger charge is 2.28. The van der Waals surface area contributed by atoms with Crippen LogP contribution in [0.1, 0.15) is 30.8 Å². The highest BCUT2D eigenvalue weighted by Crippen LogP contribution is 2.20. The predicted molar refractivity (Wildman–Crippen MR) is 104 cm³/mol. The van der Waals surface area contributed by atoms with E-state index in [0.717, 1.165) is 43.2 Å². The smallest absolute Gasteiger partial charge is 0.234 e. The molecule has 1 atom stereocenters. The van der Waals surface area contributed by atoms with Gasteiger partial charge in [-0.05, 0) is 24.1 Å². The zero-order valence-corrected chi connectivity index (χ0v) is 16.1. The number of nitrogens with zero attached hydrogens (tertiary/aromatic N) is 3. The van der Waals surface area contributed by atoms with Gasteiger partial charge in [0.25, 0.3) is 0 Å². The van der Waals surface area contributed by atoms with Gasteiger partial charge in [0, 0.05) is 45.6 Å². The van der Waals surface area contributed by atoms with E-state index in [1.165, 1.54) is 0 Å². The van der Waals surface area contributed by atoms with Crippen LogP contribution >= 0.6 is 0 Å².